The molecule has 0 atom stereocenters. The van der Waals surface area contributed by atoms with Crippen LogP contribution in [0.25, 0.3) is 0 Å². The zero-order valence-electron chi connectivity index (χ0n) is 10.2. The average Bonchev–Trinajstić information content (AvgIpc) is 2.94. The van der Waals surface area contributed by atoms with Crippen molar-refractivity contribution in [3.63, 3.8) is 0 Å². The third kappa shape index (κ3) is 3.76. The van der Waals surface area contributed by atoms with E-state index in [2.05, 4.69) is 10.3 Å². The molecule has 1 amide bonds. The maximum absolute atomic E-state index is 11.6. The molecular weight excluding hydrogens is 303 g/mol. The van der Waals surface area contributed by atoms with Crippen LogP contribution in [0.4, 0.5) is 5.69 Å². The molecule has 0 radical (unpaired) electrons. The summed E-state index contributed by atoms with van der Waals surface area (Å²) >= 11 is 11.6. The van der Waals surface area contributed by atoms with Crippen molar-refractivity contribution in [2.24, 2.45) is 0 Å². The van der Waals surface area contributed by atoms with Crippen molar-refractivity contribution in [1.82, 2.24) is 4.98 Å². The maximum atomic E-state index is 11.6. The predicted octanol–water partition coefficient (Wildman–Crippen LogP) is 3.12. The van der Waals surface area contributed by atoms with Crippen molar-refractivity contribution in [3.05, 3.63) is 52.3 Å². The van der Waals surface area contributed by atoms with Gasteiger partial charge in [0, 0.05) is 11.9 Å². The summed E-state index contributed by atoms with van der Waals surface area (Å²) in [5.41, 5.74) is 0.757. The molecule has 0 aliphatic carbocycles. The molecular formula is C13H10Cl2N2O3. The predicted molar refractivity (Wildman–Crippen MR) is 76.2 cm³/mol. The lowest BCUT2D eigenvalue weighted by atomic mass is 10.3. The number of hydrogen-bond acceptors (Lipinski definition) is 3. The first-order valence-electron chi connectivity index (χ1n) is 5.61. The van der Waals surface area contributed by atoms with Crippen molar-refractivity contribution in [2.75, 3.05) is 11.9 Å². The number of aromatic nitrogens is 1. The van der Waals surface area contributed by atoms with Gasteiger partial charge >= 0.3 is 5.97 Å². The Balaban J connectivity index is 1.86. The average molecular weight is 313 g/mol. The minimum Gasteiger partial charge on any atom is -0.451 e. The Kier molecular flexibility index (Phi) is 4.65. The molecule has 0 saturated carbocycles. The fraction of sp³-hybridized carbons (Fsp3) is 0.0769. The summed E-state index contributed by atoms with van der Waals surface area (Å²) in [6.45, 7) is -0.391. The number of carbonyl (C=O) groups is 2. The van der Waals surface area contributed by atoms with Crippen LogP contribution in [-0.2, 0) is 9.53 Å². The van der Waals surface area contributed by atoms with Gasteiger partial charge in [0.05, 0.1) is 10.0 Å². The maximum Gasteiger partial charge on any atom is 0.355 e. The van der Waals surface area contributed by atoms with Crippen molar-refractivity contribution < 1.29 is 14.3 Å². The number of H-pyrrole nitrogens is 1. The third-order valence-corrected chi connectivity index (χ3v) is 3.09. The number of anilines is 1. The highest BCUT2D eigenvalue weighted by atomic mass is 35.5. The van der Waals surface area contributed by atoms with Gasteiger partial charge in [-0.05, 0) is 30.3 Å². The van der Waals surface area contributed by atoms with Gasteiger partial charge in [-0.15, -0.1) is 0 Å². The Bertz CT molecular complexity index is 627. The smallest absolute Gasteiger partial charge is 0.355 e. The van der Waals surface area contributed by atoms with Gasteiger partial charge in [0.1, 0.15) is 5.69 Å². The molecule has 2 N–H and O–H groups in total. The van der Waals surface area contributed by atoms with Gasteiger partial charge in [-0.1, -0.05) is 23.2 Å². The quantitative estimate of drug-likeness (QED) is 0.852. The number of benzene rings is 1. The lowest BCUT2D eigenvalue weighted by Crippen LogP contribution is -2.21. The number of halogens is 2. The number of esters is 1. The number of aromatic amines is 1. The summed E-state index contributed by atoms with van der Waals surface area (Å²) in [5.74, 6) is -1.07. The Hall–Kier alpha value is -1.98. The molecule has 0 fully saturated rings. The minimum atomic E-state index is -0.598. The van der Waals surface area contributed by atoms with Crippen LogP contribution in [0.3, 0.4) is 0 Å². The van der Waals surface area contributed by atoms with E-state index >= 15 is 0 Å². The molecule has 1 heterocycles. The highest BCUT2D eigenvalue weighted by molar-refractivity contribution is 6.42. The molecule has 1 aromatic carbocycles. The summed E-state index contributed by atoms with van der Waals surface area (Å²) in [4.78, 5) is 25.8. The van der Waals surface area contributed by atoms with E-state index in [1.165, 1.54) is 6.07 Å². The summed E-state index contributed by atoms with van der Waals surface area (Å²) < 4.78 is 4.83. The second-order valence-electron chi connectivity index (χ2n) is 3.84. The number of amides is 1. The van der Waals surface area contributed by atoms with Crippen molar-refractivity contribution >= 4 is 40.8 Å². The van der Waals surface area contributed by atoms with Crippen LogP contribution in [-0.4, -0.2) is 23.5 Å². The minimum absolute atomic E-state index is 0.285. The van der Waals surface area contributed by atoms with E-state index in [1.807, 2.05) is 0 Å². The van der Waals surface area contributed by atoms with Gasteiger partial charge in [0.25, 0.3) is 5.91 Å². The summed E-state index contributed by atoms with van der Waals surface area (Å²) in [5, 5.41) is 3.26. The molecule has 2 rings (SSSR count). The van der Waals surface area contributed by atoms with Crippen LogP contribution in [0, 0.1) is 0 Å². The lowest BCUT2D eigenvalue weighted by molar-refractivity contribution is -0.119. The van der Waals surface area contributed by atoms with Crippen LogP contribution < -0.4 is 5.32 Å². The number of rotatable bonds is 4. The van der Waals surface area contributed by atoms with E-state index in [-0.39, 0.29) is 5.69 Å². The lowest BCUT2D eigenvalue weighted by Gasteiger charge is -2.07. The molecule has 20 heavy (non-hydrogen) atoms. The fourth-order valence-corrected chi connectivity index (χ4v) is 1.74. The van der Waals surface area contributed by atoms with E-state index < -0.39 is 18.5 Å². The molecule has 0 unspecified atom stereocenters. The first kappa shape index (κ1) is 14.4. The van der Waals surface area contributed by atoms with Crippen LogP contribution in [0.1, 0.15) is 10.5 Å². The highest BCUT2D eigenvalue weighted by Crippen LogP contribution is 2.24. The van der Waals surface area contributed by atoms with Gasteiger partial charge in [0.2, 0.25) is 0 Å². The van der Waals surface area contributed by atoms with Crippen molar-refractivity contribution in [2.45, 2.75) is 0 Å². The highest BCUT2D eigenvalue weighted by Gasteiger charge is 2.11. The van der Waals surface area contributed by atoms with Crippen molar-refractivity contribution in [3.8, 4) is 0 Å². The Morgan fingerprint density at radius 1 is 1.20 bits per heavy atom. The molecule has 0 spiro atoms. The van der Waals surface area contributed by atoms with E-state index in [4.69, 9.17) is 27.9 Å². The van der Waals surface area contributed by atoms with Gasteiger partial charge in [-0.2, -0.15) is 0 Å². The topological polar surface area (TPSA) is 71.2 Å². The van der Waals surface area contributed by atoms with Crippen LogP contribution >= 0.6 is 23.2 Å². The second kappa shape index (κ2) is 6.45. The summed E-state index contributed by atoms with van der Waals surface area (Å²) in [6.07, 6.45) is 1.59. The molecule has 2 aromatic rings. The zero-order chi connectivity index (χ0) is 14.5. The van der Waals surface area contributed by atoms with E-state index in [1.54, 1.807) is 30.5 Å². The van der Waals surface area contributed by atoms with Crippen LogP contribution in [0.2, 0.25) is 10.0 Å². The second-order valence-corrected chi connectivity index (χ2v) is 4.65. The van der Waals surface area contributed by atoms with Crippen LogP contribution in [0.15, 0.2) is 36.5 Å². The summed E-state index contributed by atoms with van der Waals surface area (Å²) in [7, 11) is 0. The molecule has 5 nitrogen and oxygen atoms in total. The molecule has 1 aromatic heterocycles. The monoisotopic (exact) mass is 312 g/mol. The van der Waals surface area contributed by atoms with Gasteiger partial charge in [0.15, 0.2) is 6.61 Å². The fourth-order valence-electron chi connectivity index (χ4n) is 1.44. The number of carbonyl (C=O) groups excluding carboxylic acids is 2. The van der Waals surface area contributed by atoms with Gasteiger partial charge in [-0.3, -0.25) is 4.79 Å². The first-order valence-corrected chi connectivity index (χ1v) is 6.37. The number of ether oxygens (including phenoxy) is 1. The first-order chi connectivity index (χ1) is 9.56. The SMILES string of the molecule is O=C(COC(=O)c1ccc[nH]1)Nc1ccc(Cl)c(Cl)c1. The zero-order valence-corrected chi connectivity index (χ0v) is 11.7. The van der Waals surface area contributed by atoms with Gasteiger partial charge in [-0.25, -0.2) is 4.79 Å². The Labute approximate surface area is 124 Å². The molecule has 0 aliphatic heterocycles. The number of hydrogen-bond donors (Lipinski definition) is 2. The number of nitrogens with one attached hydrogen (secondary N) is 2. The molecule has 0 saturated heterocycles. The largest absolute Gasteiger partial charge is 0.451 e. The van der Waals surface area contributed by atoms with E-state index in [9.17, 15) is 9.59 Å². The molecule has 0 aliphatic rings. The standard InChI is InChI=1S/C13H10Cl2N2O3/c14-9-4-3-8(6-10(9)15)17-12(18)7-20-13(19)11-2-1-5-16-11/h1-6,16H,7H2,(H,17,18). The van der Waals surface area contributed by atoms with E-state index in [0.29, 0.717) is 15.7 Å². The Morgan fingerprint density at radius 2 is 2.00 bits per heavy atom. The third-order valence-electron chi connectivity index (χ3n) is 2.36. The molecule has 7 heteroatoms. The normalized spacial score (nSPS) is 10.1. The molecule has 104 valence electrons. The van der Waals surface area contributed by atoms with Crippen molar-refractivity contribution in [1.29, 1.82) is 0 Å². The van der Waals surface area contributed by atoms with E-state index in [0.717, 1.165) is 0 Å². The molecule has 0 bridgehead atoms. The van der Waals surface area contributed by atoms with Crippen LogP contribution in [0.5, 0.6) is 0 Å². The summed E-state index contributed by atoms with van der Waals surface area (Å²) in [6, 6.07) is 7.88. The Morgan fingerprint density at radius 3 is 2.65 bits per heavy atom. The van der Waals surface area contributed by atoms with Gasteiger partial charge < -0.3 is 15.0 Å².